The van der Waals surface area contributed by atoms with E-state index in [9.17, 15) is 9.66 Å². The topological polar surface area (TPSA) is 55.7 Å². The molecule has 0 saturated carbocycles. The highest BCUT2D eigenvalue weighted by Gasteiger charge is 2.25. The van der Waals surface area contributed by atoms with Crippen LogP contribution >= 0.6 is 11.4 Å². The molecule has 1 aromatic rings. The lowest BCUT2D eigenvalue weighted by atomic mass is 10.1. The zero-order valence-corrected chi connectivity index (χ0v) is 13.7. The Bertz CT molecular complexity index is 501. The molecule has 106 valence electrons. The number of thiol groups is 1. The summed E-state index contributed by atoms with van der Waals surface area (Å²) in [6.07, 6.45) is 1.64. The Morgan fingerprint density at radius 1 is 1.42 bits per heavy atom. The number of hydrogen-bond donors (Lipinski definition) is 2. The summed E-state index contributed by atoms with van der Waals surface area (Å²) in [5, 5.41) is 9.80. The van der Waals surface area contributed by atoms with Crippen LogP contribution < -0.4 is 0 Å². The van der Waals surface area contributed by atoms with Crippen molar-refractivity contribution in [1.29, 1.82) is 0 Å². The Balaban J connectivity index is 3.12. The average Bonchev–Trinajstić information content (AvgIpc) is 2.27. The molecule has 1 unspecified atom stereocenters. The summed E-state index contributed by atoms with van der Waals surface area (Å²) < 4.78 is 15.7. The van der Waals surface area contributed by atoms with Crippen LogP contribution in [0.4, 0.5) is 0 Å². The van der Waals surface area contributed by atoms with Gasteiger partial charge in [-0.15, -0.1) is 11.4 Å². The molecular formula is C14H21NO2S2. The van der Waals surface area contributed by atoms with Crippen LogP contribution in [-0.2, 0) is 11.4 Å². The Labute approximate surface area is 122 Å². The van der Waals surface area contributed by atoms with Crippen molar-refractivity contribution < 1.29 is 9.66 Å². The first-order chi connectivity index (χ1) is 8.71. The Morgan fingerprint density at radius 3 is 2.58 bits per heavy atom. The molecule has 0 amide bonds. The van der Waals surface area contributed by atoms with Crippen molar-refractivity contribution in [2.24, 2.45) is 4.40 Å². The molecule has 0 aliphatic heterocycles. The maximum atomic E-state index is 11.9. The van der Waals surface area contributed by atoms with Crippen LogP contribution in [0.15, 0.2) is 27.5 Å². The highest BCUT2D eigenvalue weighted by molar-refractivity contribution is 7.98. The molecule has 1 aromatic carbocycles. The van der Waals surface area contributed by atoms with Gasteiger partial charge in [0.1, 0.15) is 16.1 Å². The maximum Gasteiger partial charge on any atom is 0.144 e. The summed E-state index contributed by atoms with van der Waals surface area (Å²) in [5.74, 6) is 0. The van der Waals surface area contributed by atoms with Gasteiger partial charge in [0.25, 0.3) is 0 Å². The first-order valence-corrected chi connectivity index (χ1v) is 8.02. The van der Waals surface area contributed by atoms with E-state index in [1.807, 2.05) is 45.9 Å². The van der Waals surface area contributed by atoms with Gasteiger partial charge in [-0.3, -0.25) is 0 Å². The van der Waals surface area contributed by atoms with E-state index in [-0.39, 0.29) is 4.75 Å². The lowest BCUT2D eigenvalue weighted by Gasteiger charge is -2.17. The van der Waals surface area contributed by atoms with Gasteiger partial charge in [0.15, 0.2) is 0 Å². The monoisotopic (exact) mass is 299 g/mol. The van der Waals surface area contributed by atoms with E-state index in [2.05, 4.69) is 4.40 Å². The van der Waals surface area contributed by atoms with Gasteiger partial charge in [0.05, 0.1) is 11.3 Å². The van der Waals surface area contributed by atoms with E-state index in [4.69, 9.17) is 0 Å². The summed E-state index contributed by atoms with van der Waals surface area (Å²) in [7, 11) is 0. The van der Waals surface area contributed by atoms with Crippen molar-refractivity contribution in [1.82, 2.24) is 0 Å². The van der Waals surface area contributed by atoms with Gasteiger partial charge in [-0.1, -0.05) is 22.6 Å². The predicted octanol–water partition coefficient (Wildman–Crippen LogP) is 3.41. The molecule has 0 heterocycles. The molecule has 19 heavy (non-hydrogen) atoms. The molecular weight excluding hydrogens is 278 g/mol. The van der Waals surface area contributed by atoms with Crippen molar-refractivity contribution in [3.8, 4) is 0 Å². The van der Waals surface area contributed by atoms with Crippen molar-refractivity contribution >= 4 is 34.0 Å². The number of benzene rings is 1. The lowest BCUT2D eigenvalue weighted by Crippen LogP contribution is -2.25. The molecule has 1 atom stereocenters. The summed E-state index contributed by atoms with van der Waals surface area (Å²) in [5.41, 5.74) is 1.98. The zero-order chi connectivity index (χ0) is 14.6. The molecule has 0 radical (unpaired) electrons. The largest absolute Gasteiger partial charge is 0.591 e. The number of hydrogen-bond acceptors (Lipinski definition) is 2. The smallest absolute Gasteiger partial charge is 0.144 e. The predicted molar refractivity (Wildman–Crippen MR) is 87.2 cm³/mol. The van der Waals surface area contributed by atoms with Crippen molar-refractivity contribution in [2.75, 3.05) is 0 Å². The van der Waals surface area contributed by atoms with Crippen LogP contribution in [0.5, 0.6) is 0 Å². The van der Waals surface area contributed by atoms with Gasteiger partial charge in [-0.2, -0.15) is 0 Å². The maximum absolute atomic E-state index is 11.9. The molecule has 0 spiro atoms. The molecule has 5 heteroatoms. The highest BCUT2D eigenvalue weighted by Crippen LogP contribution is 2.22. The molecule has 0 aliphatic carbocycles. The number of aliphatic hydroxyl groups excluding tert-OH is 1. The summed E-state index contributed by atoms with van der Waals surface area (Å²) in [4.78, 5) is 0.997. The summed E-state index contributed by atoms with van der Waals surface area (Å²) >= 11 is -0.507. The fraction of sp³-hybridized carbons (Fsp3) is 0.429. The minimum Gasteiger partial charge on any atom is -0.591 e. The SMILES string of the molecule is CC(O)=[SH]c1c(C)cccc1/C=N\[S+]([O-])C(C)(C)C. The minimum absolute atomic E-state index is 0.334. The molecule has 0 saturated heterocycles. The first-order valence-electron chi connectivity index (χ1n) is 6.02. The molecule has 0 aliphatic rings. The number of nitrogens with zero attached hydrogens (tertiary/aromatic N) is 1. The zero-order valence-electron chi connectivity index (χ0n) is 12.0. The van der Waals surface area contributed by atoms with Gasteiger partial charge in [-0.25, -0.2) is 0 Å². The van der Waals surface area contributed by atoms with Crippen LogP contribution in [0.2, 0.25) is 0 Å². The molecule has 0 bridgehead atoms. The van der Waals surface area contributed by atoms with E-state index >= 15 is 0 Å². The second kappa shape index (κ2) is 6.70. The normalized spacial score (nSPS) is 15.4. The third-order valence-electron chi connectivity index (χ3n) is 2.35. The molecule has 1 N–H and O–H groups in total. The average molecular weight is 299 g/mol. The van der Waals surface area contributed by atoms with Crippen molar-refractivity contribution in [2.45, 2.75) is 44.3 Å². The molecule has 0 fully saturated rings. The second-order valence-electron chi connectivity index (χ2n) is 5.27. The van der Waals surface area contributed by atoms with Crippen molar-refractivity contribution in [3.05, 3.63) is 29.3 Å². The van der Waals surface area contributed by atoms with E-state index < -0.39 is 11.4 Å². The van der Waals surface area contributed by atoms with Gasteiger partial charge in [-0.05, 0) is 40.2 Å². The Morgan fingerprint density at radius 2 is 2.05 bits per heavy atom. The molecule has 3 nitrogen and oxygen atoms in total. The van der Waals surface area contributed by atoms with Crippen LogP contribution in [0.1, 0.15) is 38.8 Å². The van der Waals surface area contributed by atoms with Gasteiger partial charge in [0, 0.05) is 10.5 Å². The van der Waals surface area contributed by atoms with Gasteiger partial charge in [0.2, 0.25) is 0 Å². The van der Waals surface area contributed by atoms with Crippen LogP contribution in [0.3, 0.4) is 0 Å². The number of rotatable bonds is 3. The van der Waals surface area contributed by atoms with Crippen LogP contribution in [0, 0.1) is 6.92 Å². The van der Waals surface area contributed by atoms with Gasteiger partial charge >= 0.3 is 0 Å². The van der Waals surface area contributed by atoms with Crippen LogP contribution in [0.25, 0.3) is 0 Å². The number of aryl methyl sites for hydroxylation is 1. The summed E-state index contributed by atoms with van der Waals surface area (Å²) in [6, 6.07) is 5.84. The fourth-order valence-electron chi connectivity index (χ4n) is 1.36. The molecule has 0 aromatic heterocycles. The highest BCUT2D eigenvalue weighted by atomic mass is 32.2. The second-order valence-corrected chi connectivity index (χ2v) is 8.52. The quantitative estimate of drug-likeness (QED) is 0.389. The third kappa shape index (κ3) is 5.10. The third-order valence-corrected chi connectivity index (χ3v) is 4.86. The standard InChI is InChI=1S/C14H21NO2S2/c1-10-7-6-8-12(13(10)18-11(2)16)9-15-19(17)14(3,4)5/h6-9,16,18H,1-5H3/b15-9-. The van der Waals surface area contributed by atoms with Crippen molar-refractivity contribution in [3.63, 3.8) is 0 Å². The van der Waals surface area contributed by atoms with E-state index in [1.165, 1.54) is 0 Å². The van der Waals surface area contributed by atoms with E-state index in [0.29, 0.717) is 5.05 Å². The van der Waals surface area contributed by atoms with Gasteiger partial charge < -0.3 is 9.66 Å². The lowest BCUT2D eigenvalue weighted by molar-refractivity contribution is 0.561. The van der Waals surface area contributed by atoms with Crippen LogP contribution in [-0.4, -0.2) is 25.7 Å². The molecule has 1 rings (SSSR count). The number of aliphatic hydroxyl groups is 1. The Hall–Kier alpha value is -0.620. The van der Waals surface area contributed by atoms with E-state index in [1.54, 1.807) is 13.1 Å². The fourth-order valence-corrected chi connectivity index (χ4v) is 2.72. The minimum atomic E-state index is -1.27. The first kappa shape index (κ1) is 16.4. The summed E-state index contributed by atoms with van der Waals surface area (Å²) in [6.45, 7) is 9.33. The Kier molecular flexibility index (Phi) is 5.80. The van der Waals surface area contributed by atoms with E-state index in [0.717, 1.165) is 27.4 Å².